The van der Waals surface area contributed by atoms with Gasteiger partial charge in [-0.05, 0) is 56.6 Å². The second-order valence-electron chi connectivity index (χ2n) is 9.35. The highest BCUT2D eigenvalue weighted by Gasteiger charge is 2.44. The normalized spacial score (nSPS) is 18.0. The number of piperidine rings is 1. The summed E-state index contributed by atoms with van der Waals surface area (Å²) in [5.74, 6) is 1.57. The summed E-state index contributed by atoms with van der Waals surface area (Å²) < 4.78 is 6.17. The van der Waals surface area contributed by atoms with Crippen molar-refractivity contribution in [3.8, 4) is 17.1 Å². The summed E-state index contributed by atoms with van der Waals surface area (Å²) in [6.45, 7) is 4.98. The van der Waals surface area contributed by atoms with Gasteiger partial charge in [0.25, 0.3) is 0 Å². The molecule has 10 heteroatoms. The van der Waals surface area contributed by atoms with Gasteiger partial charge in [-0.15, -0.1) is 10.2 Å². The Balaban J connectivity index is 1.21. The lowest BCUT2D eigenvalue weighted by molar-refractivity contribution is 0.201. The van der Waals surface area contributed by atoms with Gasteiger partial charge < -0.3 is 15.0 Å². The highest BCUT2D eigenvalue weighted by atomic mass is 35.5. The van der Waals surface area contributed by atoms with Crippen LogP contribution in [0.4, 0.5) is 5.82 Å². The van der Waals surface area contributed by atoms with E-state index in [2.05, 4.69) is 35.6 Å². The van der Waals surface area contributed by atoms with Gasteiger partial charge in [-0.2, -0.15) is 5.10 Å². The Kier molecular flexibility index (Phi) is 5.75. The number of pyridine rings is 1. The second-order valence-corrected chi connectivity index (χ2v) is 10.2. The van der Waals surface area contributed by atoms with Crippen LogP contribution in [-0.4, -0.2) is 50.6 Å². The number of hydrogen-bond acceptors (Lipinski definition) is 7. The van der Waals surface area contributed by atoms with Gasteiger partial charge in [0, 0.05) is 36.4 Å². The van der Waals surface area contributed by atoms with Crippen LogP contribution in [0.1, 0.15) is 37.9 Å². The fourth-order valence-electron chi connectivity index (χ4n) is 5.10. The number of anilines is 1. The molecular formula is C25H25Cl2N7O. The van der Waals surface area contributed by atoms with Gasteiger partial charge in [-0.1, -0.05) is 29.6 Å². The first-order valence-electron chi connectivity index (χ1n) is 11.8. The predicted octanol–water partition coefficient (Wildman–Crippen LogP) is 5.19. The Labute approximate surface area is 213 Å². The summed E-state index contributed by atoms with van der Waals surface area (Å²) in [6, 6.07) is 9.76. The van der Waals surface area contributed by atoms with Crippen molar-refractivity contribution in [1.82, 2.24) is 30.7 Å². The quantitative estimate of drug-likeness (QED) is 0.382. The molecule has 6 rings (SSSR count). The molecule has 2 N–H and O–H groups in total. The van der Waals surface area contributed by atoms with E-state index in [1.807, 2.05) is 37.3 Å². The average Bonchev–Trinajstić information content (AvgIpc) is 3.26. The maximum atomic E-state index is 6.30. The van der Waals surface area contributed by atoms with Gasteiger partial charge in [0.1, 0.15) is 23.2 Å². The smallest absolute Gasteiger partial charge is 0.151 e. The summed E-state index contributed by atoms with van der Waals surface area (Å²) >= 11 is 12.6. The number of aromatic amines is 1. The van der Waals surface area contributed by atoms with Crippen LogP contribution in [-0.2, 0) is 0 Å². The number of ether oxygens (including phenoxy) is 1. The summed E-state index contributed by atoms with van der Waals surface area (Å²) in [5, 5.41) is 22.1. The Morgan fingerprint density at radius 1 is 1.06 bits per heavy atom. The number of nitrogens with zero attached hydrogens (tertiary/aromatic N) is 5. The van der Waals surface area contributed by atoms with Crippen molar-refractivity contribution in [2.45, 2.75) is 37.8 Å². The lowest BCUT2D eigenvalue weighted by atomic mass is 9.82. The molecule has 35 heavy (non-hydrogen) atoms. The molecule has 0 bridgehead atoms. The summed E-state index contributed by atoms with van der Waals surface area (Å²) in [7, 11) is 0. The van der Waals surface area contributed by atoms with Crippen LogP contribution in [0.3, 0.4) is 0 Å². The van der Waals surface area contributed by atoms with Crippen LogP contribution < -0.4 is 15.0 Å². The summed E-state index contributed by atoms with van der Waals surface area (Å²) in [5.41, 5.74) is 3.28. The molecule has 3 aromatic heterocycles. The Morgan fingerprint density at radius 2 is 1.89 bits per heavy atom. The minimum atomic E-state index is -0.358. The monoisotopic (exact) mass is 509 g/mol. The van der Waals surface area contributed by atoms with Crippen molar-refractivity contribution in [2.24, 2.45) is 0 Å². The minimum Gasteiger partial charge on any atom is -0.486 e. The highest BCUT2D eigenvalue weighted by Crippen LogP contribution is 2.35. The van der Waals surface area contributed by atoms with Crippen molar-refractivity contribution in [2.75, 3.05) is 24.5 Å². The predicted molar refractivity (Wildman–Crippen MR) is 137 cm³/mol. The molecule has 0 radical (unpaired) electrons. The maximum absolute atomic E-state index is 6.30. The lowest BCUT2D eigenvalue weighted by Gasteiger charge is -2.53. The lowest BCUT2D eigenvalue weighted by Crippen LogP contribution is -2.70. The molecule has 1 aromatic carbocycles. The van der Waals surface area contributed by atoms with Crippen molar-refractivity contribution in [3.63, 3.8) is 0 Å². The number of halogens is 2. The van der Waals surface area contributed by atoms with Crippen molar-refractivity contribution in [3.05, 3.63) is 58.3 Å². The first-order valence-corrected chi connectivity index (χ1v) is 12.5. The molecule has 180 valence electrons. The first kappa shape index (κ1) is 22.5. The van der Waals surface area contributed by atoms with Crippen LogP contribution >= 0.6 is 23.2 Å². The molecule has 5 heterocycles. The third-order valence-electron chi connectivity index (χ3n) is 6.93. The zero-order chi connectivity index (χ0) is 24.0. The van der Waals surface area contributed by atoms with Gasteiger partial charge in [0.05, 0.1) is 21.1 Å². The molecule has 1 atom stereocenters. The van der Waals surface area contributed by atoms with Crippen LogP contribution in [0.25, 0.3) is 22.3 Å². The number of H-pyrrole nitrogens is 1. The van der Waals surface area contributed by atoms with Gasteiger partial charge >= 0.3 is 0 Å². The molecule has 2 aliphatic heterocycles. The van der Waals surface area contributed by atoms with Gasteiger partial charge in [0.2, 0.25) is 0 Å². The van der Waals surface area contributed by atoms with Crippen molar-refractivity contribution in [1.29, 1.82) is 0 Å². The van der Waals surface area contributed by atoms with E-state index in [-0.39, 0.29) is 11.6 Å². The fraction of sp³-hybridized carbons (Fsp3) is 0.360. The van der Waals surface area contributed by atoms with E-state index >= 15 is 0 Å². The number of hydrogen-bond donors (Lipinski definition) is 2. The molecule has 0 amide bonds. The third-order valence-corrected chi connectivity index (χ3v) is 7.53. The van der Waals surface area contributed by atoms with Crippen LogP contribution in [0.15, 0.2) is 42.7 Å². The number of nitrogens with one attached hydrogen (secondary N) is 2. The zero-order valence-corrected chi connectivity index (χ0v) is 20.8. The van der Waals surface area contributed by atoms with E-state index in [0.29, 0.717) is 27.1 Å². The van der Waals surface area contributed by atoms with E-state index in [1.54, 1.807) is 12.4 Å². The van der Waals surface area contributed by atoms with Crippen molar-refractivity contribution < 1.29 is 4.74 Å². The molecule has 0 unspecified atom stereocenters. The molecule has 2 aliphatic rings. The molecule has 8 nitrogen and oxygen atoms in total. The van der Waals surface area contributed by atoms with Crippen LogP contribution in [0.2, 0.25) is 10.0 Å². The highest BCUT2D eigenvalue weighted by molar-refractivity contribution is 6.35. The molecule has 2 fully saturated rings. The third kappa shape index (κ3) is 4.20. The molecule has 1 spiro atoms. The summed E-state index contributed by atoms with van der Waals surface area (Å²) in [4.78, 5) is 6.29. The van der Waals surface area contributed by atoms with E-state index in [4.69, 9.17) is 27.9 Å². The molecule has 0 aliphatic carbocycles. The van der Waals surface area contributed by atoms with E-state index in [1.165, 1.54) is 19.3 Å². The maximum Gasteiger partial charge on any atom is 0.151 e. The number of rotatable bonds is 5. The standard InChI is InChI=1S/C25H25Cl2N7O/c1-15(23-18(26)11-28-12-19(23)27)35-16-4-5-20-17(10-16)24(33-30-20)21-6-7-22(32-31-21)34-13-25(14-34)8-2-3-9-29-25/h4-7,10-12,15,29H,2-3,8-9,13-14H2,1H3,(H,30,33)/t15-/m1/s1. The van der Waals surface area contributed by atoms with E-state index in [9.17, 15) is 0 Å². The topological polar surface area (TPSA) is 91.8 Å². The SMILES string of the molecule is C[C@@H](Oc1ccc2[nH]nc(-c3ccc(N4CC5(CCCCN5)C4)nn3)c2c1)c1c(Cl)cncc1Cl. The molecule has 4 aromatic rings. The van der Waals surface area contributed by atoms with Gasteiger partial charge in [-0.25, -0.2) is 0 Å². The van der Waals surface area contributed by atoms with Gasteiger partial charge in [-0.3, -0.25) is 10.1 Å². The fourth-order valence-corrected chi connectivity index (χ4v) is 5.77. The van der Waals surface area contributed by atoms with Crippen LogP contribution in [0.5, 0.6) is 5.75 Å². The second kappa shape index (κ2) is 8.93. The number of benzene rings is 1. The molecule has 2 saturated heterocycles. The Morgan fingerprint density at radius 3 is 2.60 bits per heavy atom. The number of aromatic nitrogens is 5. The number of fused-ring (bicyclic) bond motifs is 1. The molecular weight excluding hydrogens is 485 g/mol. The largest absolute Gasteiger partial charge is 0.486 e. The first-order chi connectivity index (χ1) is 17.0. The van der Waals surface area contributed by atoms with Gasteiger partial charge in [0.15, 0.2) is 5.82 Å². The average molecular weight is 510 g/mol. The molecule has 0 saturated carbocycles. The Bertz CT molecular complexity index is 1340. The minimum absolute atomic E-state index is 0.259. The van der Waals surface area contributed by atoms with E-state index < -0.39 is 0 Å². The van der Waals surface area contributed by atoms with E-state index in [0.717, 1.165) is 42.0 Å². The zero-order valence-electron chi connectivity index (χ0n) is 19.3. The summed E-state index contributed by atoms with van der Waals surface area (Å²) in [6.07, 6.45) is 6.57. The Hall–Kier alpha value is -2.94. The van der Waals surface area contributed by atoms with Crippen molar-refractivity contribution >= 4 is 39.9 Å². The van der Waals surface area contributed by atoms with Crippen LogP contribution in [0, 0.1) is 0 Å².